The van der Waals surface area contributed by atoms with Crippen LogP contribution in [0.4, 0.5) is 0 Å². The number of benzene rings is 6. The minimum atomic E-state index is -0.652. The Morgan fingerprint density at radius 3 is 0.750 bits per heavy atom. The zero-order valence-electron chi connectivity index (χ0n) is 51.8. The molecule has 6 aromatic carbocycles. The highest BCUT2D eigenvalue weighted by Crippen LogP contribution is 2.48. The summed E-state index contributed by atoms with van der Waals surface area (Å²) < 4.78 is 0. The number of rotatable bonds is 28. The van der Waals surface area contributed by atoms with E-state index in [0.29, 0.717) is 38.0 Å². The monoisotopic (exact) mass is 1070 g/mol. The first-order valence-electron chi connectivity index (χ1n) is 31.7. The van der Waals surface area contributed by atoms with Crippen LogP contribution in [0.15, 0.2) is 146 Å². The van der Waals surface area contributed by atoms with E-state index < -0.39 is 10.8 Å². The van der Waals surface area contributed by atoms with Crippen LogP contribution in [-0.2, 0) is 48.1 Å². The average Bonchev–Trinajstić information content (AvgIpc) is 3.51. The molecule has 8 unspecified atom stereocenters. The van der Waals surface area contributed by atoms with Gasteiger partial charge in [-0.25, -0.2) is 0 Å². The molecule has 8 atom stereocenters. The number of amides is 2. The highest BCUT2D eigenvalue weighted by molar-refractivity contribution is 5.85. The number of hydrogen-bond donors (Lipinski definition) is 0. The van der Waals surface area contributed by atoms with Gasteiger partial charge in [-0.15, -0.1) is 0 Å². The maximum Gasteiger partial charge on any atom is 0.228 e. The van der Waals surface area contributed by atoms with E-state index in [1.54, 1.807) is 0 Å². The van der Waals surface area contributed by atoms with Gasteiger partial charge in [0.05, 0.1) is 0 Å². The number of hydrogen-bond acceptors (Lipinski definition) is 2. The average molecular weight is 1080 g/mol. The van der Waals surface area contributed by atoms with Crippen LogP contribution in [0.5, 0.6) is 0 Å². The fourth-order valence-electron chi connectivity index (χ4n) is 13.6. The molecule has 428 valence electrons. The fourth-order valence-corrected chi connectivity index (χ4v) is 13.6. The summed E-state index contributed by atoms with van der Waals surface area (Å²) in [7, 11) is 0. The van der Waals surface area contributed by atoms with Crippen molar-refractivity contribution in [2.75, 3.05) is 26.2 Å². The molecule has 7 rings (SSSR count). The highest BCUT2D eigenvalue weighted by atomic mass is 16.2. The van der Waals surface area contributed by atoms with Gasteiger partial charge in [0.15, 0.2) is 0 Å². The van der Waals surface area contributed by atoms with Crippen LogP contribution in [0.3, 0.4) is 0 Å². The number of nitrogens with zero attached hydrogens (tertiary/aromatic N) is 2. The lowest BCUT2D eigenvalue weighted by Crippen LogP contribution is -2.56. The molecular formula is C76H102N2O2. The largest absolute Gasteiger partial charge is 0.339 e. The van der Waals surface area contributed by atoms with Gasteiger partial charge in [-0.2, -0.15) is 0 Å². The zero-order valence-corrected chi connectivity index (χ0v) is 51.8. The Morgan fingerprint density at radius 1 is 0.338 bits per heavy atom. The van der Waals surface area contributed by atoms with Crippen molar-refractivity contribution in [3.8, 4) is 0 Å². The molecular weight excluding hydrogens is 973 g/mol. The van der Waals surface area contributed by atoms with E-state index in [0.717, 1.165) is 89.9 Å². The SMILES string of the molecule is CCc1ccc(C(C)CC(CC(C)(CC(CC)c2ccc(CC)cc2)C(=O)N2CCN(C(=O)C(C)(CC(CC)c3ccc(CC)cc3)CC(CC(C)c3ccc(CC)cc3)c3ccc(CC)cc3)CC2)c2ccc(CC)cc2)cc1. The van der Waals surface area contributed by atoms with Gasteiger partial charge in [-0.05, 0) is 192 Å². The van der Waals surface area contributed by atoms with Gasteiger partial charge in [-0.1, -0.05) is 229 Å². The molecule has 2 amide bonds. The van der Waals surface area contributed by atoms with Crippen LogP contribution in [0.25, 0.3) is 0 Å². The van der Waals surface area contributed by atoms with Crippen LogP contribution < -0.4 is 0 Å². The first kappa shape index (κ1) is 61.9. The van der Waals surface area contributed by atoms with E-state index in [9.17, 15) is 0 Å². The van der Waals surface area contributed by atoms with E-state index in [-0.39, 0.29) is 35.5 Å². The Balaban J connectivity index is 1.21. The van der Waals surface area contributed by atoms with E-state index in [1.165, 1.54) is 66.8 Å². The molecule has 4 heteroatoms. The number of carbonyl (C=O) groups is 2. The maximum atomic E-state index is 16.0. The topological polar surface area (TPSA) is 40.6 Å². The molecule has 1 aliphatic rings. The second-order valence-corrected chi connectivity index (χ2v) is 25.0. The Hall–Kier alpha value is -5.74. The van der Waals surface area contributed by atoms with Crippen molar-refractivity contribution in [2.45, 2.75) is 208 Å². The second-order valence-electron chi connectivity index (χ2n) is 25.0. The molecule has 0 aromatic heterocycles. The highest BCUT2D eigenvalue weighted by Gasteiger charge is 2.45. The standard InChI is InChI=1S/C76H102N2O2/c1-13-57-21-33-65(34-22-57)55(9)49-71(69-41-29-61(17-5)30-42-69)53-75(11,51-63(19-7)67-37-25-59(15-3)26-38-67)73(79)77-45-47-78(48-46-77)74(80)76(12,52-64(20-8)68-39-27-60(16-4)28-40-68)54-72(70-43-31-62(18-6)32-44-70)50-56(10)66-35-23-58(14-2)24-36-66/h21-44,55-56,63-64,71-72H,13-20,45-54H2,1-12H3. The van der Waals surface area contributed by atoms with Crippen molar-refractivity contribution in [3.63, 3.8) is 0 Å². The third-order valence-electron chi connectivity index (χ3n) is 19.3. The molecule has 1 fully saturated rings. The molecule has 0 aliphatic carbocycles. The van der Waals surface area contributed by atoms with Crippen molar-refractivity contribution in [2.24, 2.45) is 10.8 Å². The predicted octanol–water partition coefficient (Wildman–Crippen LogP) is 18.9. The van der Waals surface area contributed by atoms with Crippen LogP contribution in [0.1, 0.15) is 237 Å². The Labute approximate surface area is 486 Å². The van der Waals surface area contributed by atoms with Crippen molar-refractivity contribution >= 4 is 11.8 Å². The summed E-state index contributed by atoms with van der Waals surface area (Å²) >= 11 is 0. The van der Waals surface area contributed by atoms with Crippen molar-refractivity contribution in [1.29, 1.82) is 0 Å². The Kier molecular flexibility index (Phi) is 22.7. The van der Waals surface area contributed by atoms with E-state index >= 15 is 9.59 Å². The molecule has 0 N–H and O–H groups in total. The minimum Gasteiger partial charge on any atom is -0.339 e. The molecule has 1 heterocycles. The number of carbonyl (C=O) groups excluding carboxylic acids is 2. The minimum absolute atomic E-state index is 0.175. The lowest BCUT2D eigenvalue weighted by Gasteiger charge is -2.45. The first-order valence-corrected chi connectivity index (χ1v) is 31.7. The van der Waals surface area contributed by atoms with Gasteiger partial charge in [0, 0.05) is 37.0 Å². The maximum absolute atomic E-state index is 16.0. The first-order chi connectivity index (χ1) is 38.6. The van der Waals surface area contributed by atoms with Crippen LogP contribution in [0.2, 0.25) is 0 Å². The van der Waals surface area contributed by atoms with Gasteiger partial charge in [0.1, 0.15) is 0 Å². The van der Waals surface area contributed by atoms with Gasteiger partial charge in [-0.3, -0.25) is 9.59 Å². The summed E-state index contributed by atoms with van der Waals surface area (Å²) in [5.74, 6) is 1.93. The van der Waals surface area contributed by atoms with Crippen LogP contribution >= 0.6 is 0 Å². The normalized spacial score (nSPS) is 16.7. The third-order valence-corrected chi connectivity index (χ3v) is 19.3. The Bertz CT molecular complexity index is 2610. The molecule has 1 saturated heterocycles. The number of piperazine rings is 1. The molecule has 4 nitrogen and oxygen atoms in total. The van der Waals surface area contributed by atoms with Crippen LogP contribution in [0, 0.1) is 10.8 Å². The molecule has 0 spiro atoms. The van der Waals surface area contributed by atoms with Gasteiger partial charge < -0.3 is 9.80 Å². The predicted molar refractivity (Wildman–Crippen MR) is 340 cm³/mol. The van der Waals surface area contributed by atoms with Crippen LogP contribution in [-0.4, -0.2) is 47.8 Å². The van der Waals surface area contributed by atoms with E-state index in [1.807, 2.05) is 0 Å². The molecule has 6 aromatic rings. The van der Waals surface area contributed by atoms with E-state index in [2.05, 4.69) is 238 Å². The summed E-state index contributed by atoms with van der Waals surface area (Å²) in [6.07, 6.45) is 12.9. The molecule has 1 aliphatic heterocycles. The summed E-state index contributed by atoms with van der Waals surface area (Å²) in [6.45, 7) is 29.4. The van der Waals surface area contributed by atoms with Crippen molar-refractivity contribution in [1.82, 2.24) is 9.80 Å². The van der Waals surface area contributed by atoms with Gasteiger partial charge in [0.2, 0.25) is 11.8 Å². The van der Waals surface area contributed by atoms with Crippen molar-refractivity contribution < 1.29 is 9.59 Å². The van der Waals surface area contributed by atoms with Gasteiger partial charge >= 0.3 is 0 Å². The summed E-state index contributed by atoms with van der Waals surface area (Å²) in [5.41, 5.74) is 14.8. The third kappa shape index (κ3) is 15.8. The lowest BCUT2D eigenvalue weighted by atomic mass is 9.68. The van der Waals surface area contributed by atoms with Gasteiger partial charge in [0.25, 0.3) is 0 Å². The second kappa shape index (κ2) is 29.3. The van der Waals surface area contributed by atoms with Crippen molar-refractivity contribution in [3.05, 3.63) is 212 Å². The lowest BCUT2D eigenvalue weighted by molar-refractivity contribution is -0.151. The summed E-state index contributed by atoms with van der Waals surface area (Å²) in [5, 5.41) is 0. The Morgan fingerprint density at radius 2 is 0.537 bits per heavy atom. The number of aryl methyl sites for hydroxylation is 6. The smallest absolute Gasteiger partial charge is 0.228 e. The fraction of sp³-hybridized carbons (Fsp3) is 0.500. The summed E-state index contributed by atoms with van der Waals surface area (Å²) in [4.78, 5) is 36.3. The molecule has 0 bridgehead atoms. The molecule has 0 saturated carbocycles. The zero-order chi connectivity index (χ0) is 57.4. The molecule has 80 heavy (non-hydrogen) atoms. The summed E-state index contributed by atoms with van der Waals surface area (Å²) in [6, 6.07) is 55.5. The van der Waals surface area contributed by atoms with E-state index in [4.69, 9.17) is 0 Å². The quantitative estimate of drug-likeness (QED) is 0.0491. The molecule has 0 radical (unpaired) electrons.